The SMILES string of the molecule is CC(C)C(C1CC1)n1cnc(N)n1. The molecule has 1 aromatic heterocycles. The van der Waals surface area contributed by atoms with Crippen molar-refractivity contribution in [2.24, 2.45) is 11.8 Å². The Hall–Kier alpha value is -1.06. The van der Waals surface area contributed by atoms with Crippen molar-refractivity contribution in [2.75, 3.05) is 5.73 Å². The Labute approximate surface area is 78.1 Å². The number of anilines is 1. The van der Waals surface area contributed by atoms with E-state index < -0.39 is 0 Å². The maximum Gasteiger partial charge on any atom is 0.239 e. The van der Waals surface area contributed by atoms with Crippen LogP contribution in [-0.4, -0.2) is 14.8 Å². The zero-order valence-corrected chi connectivity index (χ0v) is 8.14. The maximum absolute atomic E-state index is 5.49. The normalized spacial score (nSPS) is 19.3. The molecule has 13 heavy (non-hydrogen) atoms. The first-order valence-corrected chi connectivity index (χ1v) is 4.85. The highest BCUT2D eigenvalue weighted by Gasteiger charge is 2.35. The van der Waals surface area contributed by atoms with E-state index in [0.717, 1.165) is 5.92 Å². The lowest BCUT2D eigenvalue weighted by Crippen LogP contribution is -2.18. The van der Waals surface area contributed by atoms with Gasteiger partial charge in [0.2, 0.25) is 5.95 Å². The van der Waals surface area contributed by atoms with E-state index in [1.54, 1.807) is 6.33 Å². The summed E-state index contributed by atoms with van der Waals surface area (Å²) in [5.41, 5.74) is 5.49. The van der Waals surface area contributed by atoms with Crippen LogP contribution in [0.1, 0.15) is 32.7 Å². The first-order valence-electron chi connectivity index (χ1n) is 4.85. The summed E-state index contributed by atoms with van der Waals surface area (Å²) < 4.78 is 1.93. The second-order valence-electron chi connectivity index (χ2n) is 4.15. The molecule has 1 aliphatic rings. The minimum Gasteiger partial charge on any atom is -0.367 e. The number of hydrogen-bond acceptors (Lipinski definition) is 3. The molecule has 0 saturated heterocycles. The summed E-state index contributed by atoms with van der Waals surface area (Å²) in [5, 5.41) is 4.18. The minimum absolute atomic E-state index is 0.381. The summed E-state index contributed by atoms with van der Waals surface area (Å²) in [7, 11) is 0. The zero-order valence-electron chi connectivity index (χ0n) is 8.14. The molecule has 2 rings (SSSR count). The number of hydrogen-bond donors (Lipinski definition) is 1. The van der Waals surface area contributed by atoms with E-state index in [9.17, 15) is 0 Å². The molecule has 4 heteroatoms. The molecule has 4 nitrogen and oxygen atoms in total. The predicted octanol–water partition coefficient (Wildman–Crippen LogP) is 1.47. The predicted molar refractivity (Wildman–Crippen MR) is 51.0 cm³/mol. The van der Waals surface area contributed by atoms with Gasteiger partial charge in [0.25, 0.3) is 0 Å². The number of nitrogen functional groups attached to an aromatic ring is 1. The molecule has 1 saturated carbocycles. The first kappa shape index (κ1) is 8.53. The maximum atomic E-state index is 5.49. The molecule has 1 fully saturated rings. The highest BCUT2D eigenvalue weighted by molar-refractivity contribution is 5.10. The van der Waals surface area contributed by atoms with E-state index in [1.165, 1.54) is 12.8 Å². The van der Waals surface area contributed by atoms with Gasteiger partial charge in [-0.15, -0.1) is 5.10 Å². The minimum atomic E-state index is 0.381. The molecule has 2 N–H and O–H groups in total. The Bertz CT molecular complexity index is 286. The highest BCUT2D eigenvalue weighted by atomic mass is 15.4. The smallest absolute Gasteiger partial charge is 0.239 e. The van der Waals surface area contributed by atoms with Gasteiger partial charge < -0.3 is 5.73 Å². The average Bonchev–Trinajstić information content (AvgIpc) is 2.76. The number of nitrogens with zero attached hydrogens (tertiary/aromatic N) is 3. The van der Waals surface area contributed by atoms with Crippen molar-refractivity contribution in [3.8, 4) is 0 Å². The van der Waals surface area contributed by atoms with Crippen LogP contribution in [0.15, 0.2) is 6.33 Å². The summed E-state index contributed by atoms with van der Waals surface area (Å²) in [4.78, 5) is 3.96. The molecule has 0 amide bonds. The number of aromatic nitrogens is 3. The van der Waals surface area contributed by atoms with Crippen LogP contribution in [0.4, 0.5) is 5.95 Å². The fourth-order valence-electron chi connectivity index (χ4n) is 1.94. The lowest BCUT2D eigenvalue weighted by molar-refractivity contribution is 0.308. The fraction of sp³-hybridized carbons (Fsp3) is 0.778. The van der Waals surface area contributed by atoms with Crippen LogP contribution in [0.2, 0.25) is 0 Å². The Morgan fingerprint density at radius 1 is 1.54 bits per heavy atom. The van der Waals surface area contributed by atoms with Crippen LogP contribution >= 0.6 is 0 Å². The van der Waals surface area contributed by atoms with Crippen molar-refractivity contribution in [1.82, 2.24) is 14.8 Å². The van der Waals surface area contributed by atoms with Gasteiger partial charge in [-0.2, -0.15) is 0 Å². The fourth-order valence-corrected chi connectivity index (χ4v) is 1.94. The topological polar surface area (TPSA) is 56.7 Å². The Morgan fingerprint density at radius 3 is 2.62 bits per heavy atom. The molecule has 1 aliphatic carbocycles. The van der Waals surface area contributed by atoms with E-state index >= 15 is 0 Å². The molecule has 0 aliphatic heterocycles. The van der Waals surface area contributed by atoms with Crippen molar-refractivity contribution in [3.63, 3.8) is 0 Å². The summed E-state index contributed by atoms with van der Waals surface area (Å²) >= 11 is 0. The van der Waals surface area contributed by atoms with Crippen LogP contribution in [-0.2, 0) is 0 Å². The molecule has 72 valence electrons. The average molecular weight is 180 g/mol. The molecule has 1 atom stereocenters. The Balaban J connectivity index is 2.19. The van der Waals surface area contributed by atoms with Crippen LogP contribution in [0.25, 0.3) is 0 Å². The molecule has 0 spiro atoms. The number of rotatable bonds is 3. The first-order chi connectivity index (χ1) is 6.18. The largest absolute Gasteiger partial charge is 0.367 e. The van der Waals surface area contributed by atoms with Crippen LogP contribution in [0.5, 0.6) is 0 Å². The van der Waals surface area contributed by atoms with Gasteiger partial charge in [-0.05, 0) is 24.7 Å². The lowest BCUT2D eigenvalue weighted by atomic mass is 10.0. The third-order valence-electron chi connectivity index (χ3n) is 2.62. The van der Waals surface area contributed by atoms with Gasteiger partial charge in [0, 0.05) is 0 Å². The van der Waals surface area contributed by atoms with E-state index in [1.807, 2.05) is 4.68 Å². The second kappa shape index (κ2) is 3.01. The highest BCUT2D eigenvalue weighted by Crippen LogP contribution is 2.43. The van der Waals surface area contributed by atoms with Gasteiger partial charge >= 0.3 is 0 Å². The molecule has 0 radical (unpaired) electrons. The molecule has 0 bridgehead atoms. The molecule has 0 aromatic carbocycles. The molecule has 1 heterocycles. The van der Waals surface area contributed by atoms with Gasteiger partial charge in [-0.3, -0.25) is 0 Å². The Kier molecular flexibility index (Phi) is 1.98. The molecular weight excluding hydrogens is 164 g/mol. The van der Waals surface area contributed by atoms with Gasteiger partial charge in [0.15, 0.2) is 0 Å². The summed E-state index contributed by atoms with van der Waals surface area (Å²) in [6.07, 6.45) is 4.39. The van der Waals surface area contributed by atoms with Crippen LogP contribution < -0.4 is 5.73 Å². The van der Waals surface area contributed by atoms with Gasteiger partial charge in [0.05, 0.1) is 6.04 Å². The quantitative estimate of drug-likeness (QED) is 0.766. The van der Waals surface area contributed by atoms with Crippen molar-refractivity contribution >= 4 is 5.95 Å². The van der Waals surface area contributed by atoms with E-state index in [-0.39, 0.29) is 0 Å². The van der Waals surface area contributed by atoms with Crippen LogP contribution in [0.3, 0.4) is 0 Å². The molecule has 1 unspecified atom stereocenters. The van der Waals surface area contributed by atoms with E-state index in [0.29, 0.717) is 17.9 Å². The third-order valence-corrected chi connectivity index (χ3v) is 2.62. The summed E-state index contributed by atoms with van der Waals surface area (Å²) in [5.74, 6) is 1.78. The van der Waals surface area contributed by atoms with Crippen LogP contribution in [0, 0.1) is 11.8 Å². The van der Waals surface area contributed by atoms with Crippen molar-refractivity contribution in [3.05, 3.63) is 6.33 Å². The second-order valence-corrected chi connectivity index (χ2v) is 4.15. The van der Waals surface area contributed by atoms with Gasteiger partial charge in [-0.25, -0.2) is 9.67 Å². The van der Waals surface area contributed by atoms with E-state index in [4.69, 9.17) is 5.73 Å². The van der Waals surface area contributed by atoms with Crippen molar-refractivity contribution < 1.29 is 0 Å². The van der Waals surface area contributed by atoms with Gasteiger partial charge in [-0.1, -0.05) is 13.8 Å². The summed E-state index contributed by atoms with van der Waals surface area (Å²) in [6.45, 7) is 4.45. The molecular formula is C9H16N4. The zero-order chi connectivity index (χ0) is 9.42. The number of nitrogens with two attached hydrogens (primary N) is 1. The monoisotopic (exact) mass is 180 g/mol. The lowest BCUT2D eigenvalue weighted by Gasteiger charge is -2.19. The van der Waals surface area contributed by atoms with Gasteiger partial charge in [0.1, 0.15) is 6.33 Å². The van der Waals surface area contributed by atoms with E-state index in [2.05, 4.69) is 23.9 Å². The van der Waals surface area contributed by atoms with Crippen molar-refractivity contribution in [2.45, 2.75) is 32.7 Å². The third kappa shape index (κ3) is 1.66. The Morgan fingerprint density at radius 2 is 2.23 bits per heavy atom. The van der Waals surface area contributed by atoms with Crippen molar-refractivity contribution in [1.29, 1.82) is 0 Å². The standard InChI is InChI=1S/C9H16N4/c1-6(2)8(7-3-4-7)13-5-11-9(10)12-13/h5-8H,3-4H2,1-2H3,(H2,10,12). The summed E-state index contributed by atoms with van der Waals surface area (Å²) in [6, 6.07) is 0.491. The molecule has 1 aromatic rings.